The molecular weight excluding hydrogens is 351 g/mol. The lowest BCUT2D eigenvalue weighted by atomic mass is 10.3. The van der Waals surface area contributed by atoms with Gasteiger partial charge in [-0.1, -0.05) is 29.5 Å². The Hall–Kier alpha value is -2.45. The molecule has 0 aliphatic rings. The number of hydrogen-bond acceptors (Lipinski definition) is 4. The number of fused-ring (bicyclic) bond motifs is 1. The largest absolute Gasteiger partial charge is 0.308 e. The minimum Gasteiger partial charge on any atom is -0.295 e. The summed E-state index contributed by atoms with van der Waals surface area (Å²) in [5.41, 5.74) is 0.955. The van der Waals surface area contributed by atoms with Gasteiger partial charge in [0.05, 0.1) is 15.9 Å². The number of allylic oxidation sites excluding steroid dienone is 1. The molecule has 2 aromatic carbocycles. The quantitative estimate of drug-likeness (QED) is 0.707. The molecule has 0 aliphatic heterocycles. The second kappa shape index (κ2) is 6.21. The molecule has 0 radical (unpaired) electrons. The molecule has 0 unspecified atom stereocenters. The van der Waals surface area contributed by atoms with Crippen molar-refractivity contribution in [1.82, 2.24) is 4.57 Å². The first-order chi connectivity index (χ1) is 11.4. The summed E-state index contributed by atoms with van der Waals surface area (Å²) in [4.78, 5) is 11.4. The van der Waals surface area contributed by atoms with Gasteiger partial charge in [-0.15, -0.1) is 6.58 Å². The summed E-state index contributed by atoms with van der Waals surface area (Å²) in [7, 11) is -4.05. The van der Waals surface area contributed by atoms with Crippen LogP contribution in [0.3, 0.4) is 0 Å². The maximum absolute atomic E-state index is 13.7. The number of benzene rings is 2. The van der Waals surface area contributed by atoms with Crippen LogP contribution in [-0.4, -0.2) is 13.0 Å². The third kappa shape index (κ3) is 2.98. The van der Waals surface area contributed by atoms with Crippen LogP contribution in [0.2, 0.25) is 0 Å². The van der Waals surface area contributed by atoms with Crippen molar-refractivity contribution in [2.45, 2.75) is 11.4 Å². The number of hydrogen-bond donors (Lipinski definition) is 1. The van der Waals surface area contributed by atoms with Gasteiger partial charge >= 0.3 is 4.87 Å². The molecular formula is C16H13FN2O3S2. The van der Waals surface area contributed by atoms with Crippen molar-refractivity contribution in [3.8, 4) is 0 Å². The van der Waals surface area contributed by atoms with Gasteiger partial charge in [0.25, 0.3) is 10.0 Å². The summed E-state index contributed by atoms with van der Waals surface area (Å²) >= 11 is 1.01. The van der Waals surface area contributed by atoms with Gasteiger partial charge in [-0.25, -0.2) is 12.8 Å². The minimum absolute atomic E-state index is 0.154. The normalized spacial score (nSPS) is 11.5. The van der Waals surface area contributed by atoms with E-state index in [2.05, 4.69) is 11.3 Å². The molecule has 0 spiro atoms. The summed E-state index contributed by atoms with van der Waals surface area (Å²) in [5, 5.41) is 0. The van der Waals surface area contributed by atoms with Crippen molar-refractivity contribution in [1.29, 1.82) is 0 Å². The summed E-state index contributed by atoms with van der Waals surface area (Å²) in [6.07, 6.45) is 1.61. The van der Waals surface area contributed by atoms with E-state index in [1.54, 1.807) is 22.8 Å². The van der Waals surface area contributed by atoms with E-state index in [1.165, 1.54) is 24.3 Å². The second-order valence-corrected chi connectivity index (χ2v) is 7.63. The van der Waals surface area contributed by atoms with Gasteiger partial charge in [-0.3, -0.25) is 14.1 Å². The Morgan fingerprint density at radius 1 is 1.25 bits per heavy atom. The summed E-state index contributed by atoms with van der Waals surface area (Å²) in [6.45, 7) is 3.98. The zero-order valence-corrected chi connectivity index (χ0v) is 14.0. The van der Waals surface area contributed by atoms with Crippen LogP contribution in [-0.2, 0) is 16.6 Å². The second-order valence-electron chi connectivity index (χ2n) is 4.99. The molecule has 1 aromatic heterocycles. The highest BCUT2D eigenvalue weighted by molar-refractivity contribution is 7.92. The molecule has 124 valence electrons. The van der Waals surface area contributed by atoms with Gasteiger partial charge in [0.2, 0.25) is 0 Å². The Labute approximate surface area is 141 Å². The predicted molar refractivity (Wildman–Crippen MR) is 93.5 cm³/mol. The highest BCUT2D eigenvalue weighted by Crippen LogP contribution is 2.24. The maximum atomic E-state index is 13.7. The number of anilines is 1. The Balaban J connectivity index is 2.00. The van der Waals surface area contributed by atoms with Crippen molar-refractivity contribution in [2.24, 2.45) is 0 Å². The SMILES string of the molecule is C=CCn1c(=O)sc2cc(NS(=O)(=O)c3ccccc3F)ccc21. The first-order valence-electron chi connectivity index (χ1n) is 6.94. The van der Waals surface area contributed by atoms with Crippen LogP contribution < -0.4 is 9.60 Å². The number of thiazole rings is 1. The van der Waals surface area contributed by atoms with E-state index in [1.807, 2.05) is 0 Å². The van der Waals surface area contributed by atoms with Gasteiger partial charge < -0.3 is 0 Å². The molecule has 0 bridgehead atoms. The molecule has 0 amide bonds. The topological polar surface area (TPSA) is 68.2 Å². The Kier molecular flexibility index (Phi) is 4.25. The van der Waals surface area contributed by atoms with E-state index in [0.717, 1.165) is 17.4 Å². The first kappa shape index (κ1) is 16.4. The molecule has 0 atom stereocenters. The number of nitrogens with zero attached hydrogens (tertiary/aromatic N) is 1. The number of rotatable bonds is 5. The van der Waals surface area contributed by atoms with Crippen molar-refractivity contribution >= 4 is 37.3 Å². The molecule has 0 aliphatic carbocycles. The van der Waals surface area contributed by atoms with Gasteiger partial charge in [0.1, 0.15) is 10.7 Å². The highest BCUT2D eigenvalue weighted by Gasteiger charge is 2.19. The lowest BCUT2D eigenvalue weighted by Crippen LogP contribution is -2.14. The molecule has 1 N–H and O–H groups in total. The van der Waals surface area contributed by atoms with Gasteiger partial charge in [0.15, 0.2) is 0 Å². The van der Waals surface area contributed by atoms with Crippen molar-refractivity contribution < 1.29 is 12.8 Å². The van der Waals surface area contributed by atoms with Crippen molar-refractivity contribution in [3.63, 3.8) is 0 Å². The summed E-state index contributed by atoms with van der Waals surface area (Å²) in [6, 6.07) is 9.87. The fraction of sp³-hybridized carbons (Fsp3) is 0.0625. The van der Waals surface area contributed by atoms with E-state index >= 15 is 0 Å². The average Bonchev–Trinajstić information content (AvgIpc) is 2.83. The molecule has 8 heteroatoms. The standard InChI is InChI=1S/C16H13FN2O3S2/c1-2-9-19-13-8-7-11(10-14(13)23-16(19)20)18-24(21,22)15-6-4-3-5-12(15)17/h2-8,10,18H,1,9H2. The van der Waals surface area contributed by atoms with Crippen molar-refractivity contribution in [3.05, 3.63) is 70.6 Å². The number of aromatic nitrogens is 1. The third-order valence-electron chi connectivity index (χ3n) is 3.36. The Morgan fingerprint density at radius 3 is 2.71 bits per heavy atom. The van der Waals surface area contributed by atoms with Crippen molar-refractivity contribution in [2.75, 3.05) is 4.72 Å². The monoisotopic (exact) mass is 364 g/mol. The van der Waals surface area contributed by atoms with Gasteiger partial charge in [-0.2, -0.15) is 0 Å². The average molecular weight is 364 g/mol. The van der Waals surface area contributed by atoms with E-state index in [9.17, 15) is 17.6 Å². The van der Waals surface area contributed by atoms with Gasteiger partial charge in [-0.05, 0) is 30.3 Å². The van der Waals surface area contributed by atoms with E-state index in [0.29, 0.717) is 16.8 Å². The lowest BCUT2D eigenvalue weighted by molar-refractivity contribution is 0.570. The van der Waals surface area contributed by atoms with E-state index in [-0.39, 0.29) is 10.6 Å². The molecule has 3 rings (SSSR count). The van der Waals surface area contributed by atoms with Crippen LogP contribution >= 0.6 is 11.3 Å². The van der Waals surface area contributed by atoms with Gasteiger partial charge in [0, 0.05) is 6.54 Å². The van der Waals surface area contributed by atoms with Crippen LogP contribution in [0.1, 0.15) is 0 Å². The minimum atomic E-state index is -4.05. The highest BCUT2D eigenvalue weighted by atomic mass is 32.2. The Morgan fingerprint density at radius 2 is 2.00 bits per heavy atom. The van der Waals surface area contributed by atoms with Crippen LogP contribution in [0.5, 0.6) is 0 Å². The molecule has 5 nitrogen and oxygen atoms in total. The molecule has 0 fully saturated rings. The molecule has 0 saturated carbocycles. The van der Waals surface area contributed by atoms with Crippen LogP contribution in [0.25, 0.3) is 10.2 Å². The van der Waals surface area contributed by atoms with Crippen LogP contribution in [0.4, 0.5) is 10.1 Å². The summed E-state index contributed by atoms with van der Waals surface area (Å²) < 4.78 is 42.8. The zero-order valence-electron chi connectivity index (χ0n) is 12.4. The maximum Gasteiger partial charge on any atom is 0.308 e. The molecule has 24 heavy (non-hydrogen) atoms. The fourth-order valence-electron chi connectivity index (χ4n) is 2.30. The smallest absolute Gasteiger partial charge is 0.295 e. The van der Waals surface area contributed by atoms with E-state index in [4.69, 9.17) is 0 Å². The zero-order chi connectivity index (χ0) is 17.3. The molecule has 0 saturated heterocycles. The van der Waals surface area contributed by atoms with Crippen LogP contribution in [0, 0.1) is 5.82 Å². The number of sulfonamides is 1. The van der Waals surface area contributed by atoms with E-state index < -0.39 is 20.7 Å². The molecule has 3 aromatic rings. The lowest BCUT2D eigenvalue weighted by Gasteiger charge is -2.09. The van der Waals surface area contributed by atoms with Crippen LogP contribution in [0.15, 0.2) is 64.8 Å². The first-order valence-corrected chi connectivity index (χ1v) is 9.24. The molecule has 1 heterocycles. The predicted octanol–water partition coefficient (Wildman–Crippen LogP) is 3.19. The number of halogens is 1. The fourth-order valence-corrected chi connectivity index (χ4v) is 4.37. The number of nitrogens with one attached hydrogen (secondary N) is 1. The third-order valence-corrected chi connectivity index (χ3v) is 5.71. The summed E-state index contributed by atoms with van der Waals surface area (Å²) in [5.74, 6) is -0.826. The Bertz CT molecular complexity index is 1080.